The van der Waals surface area contributed by atoms with Crippen molar-refractivity contribution in [3.05, 3.63) is 77.4 Å². The summed E-state index contributed by atoms with van der Waals surface area (Å²) >= 11 is 0. The van der Waals surface area contributed by atoms with E-state index in [1.54, 1.807) is 11.2 Å². The molecule has 2 fully saturated rings. The van der Waals surface area contributed by atoms with Gasteiger partial charge in [0.25, 0.3) is 5.91 Å². The molecule has 2 aliphatic rings. The lowest BCUT2D eigenvalue weighted by molar-refractivity contribution is 0.0650. The number of nitrogens with zero attached hydrogens (tertiary/aromatic N) is 4. The largest absolute Gasteiger partial charge is 0.336 e. The zero-order valence-corrected chi connectivity index (χ0v) is 21.4. The van der Waals surface area contributed by atoms with Crippen molar-refractivity contribution < 1.29 is 13.2 Å². The molecule has 0 saturated carbocycles. The summed E-state index contributed by atoms with van der Waals surface area (Å²) in [6.45, 7) is 9.13. The topological polar surface area (TPSA) is 64.2 Å². The first-order valence-corrected chi connectivity index (χ1v) is 14.1. The minimum Gasteiger partial charge on any atom is -0.336 e. The third kappa shape index (κ3) is 7.01. The fourth-order valence-electron chi connectivity index (χ4n) is 4.58. The molecule has 8 heteroatoms. The molecule has 0 radical (unpaired) electrons. The second-order valence-corrected chi connectivity index (χ2v) is 11.4. The quantitative estimate of drug-likeness (QED) is 0.562. The van der Waals surface area contributed by atoms with E-state index in [1.165, 1.54) is 5.56 Å². The molecular formula is C27H36N4O3S. The SMILES string of the molecule is CCS(=O)(=O)N1CCN(Cc2ccc(C(=O)N3CCN(C/C=C/c4ccccc4)CC3)cc2)CC1. The predicted octanol–water partition coefficient (Wildman–Crippen LogP) is 2.63. The van der Waals surface area contributed by atoms with Gasteiger partial charge in [0.1, 0.15) is 0 Å². The van der Waals surface area contributed by atoms with E-state index in [-0.39, 0.29) is 11.7 Å². The Labute approximate surface area is 209 Å². The van der Waals surface area contributed by atoms with E-state index in [0.29, 0.717) is 13.1 Å². The van der Waals surface area contributed by atoms with Gasteiger partial charge in [0.15, 0.2) is 0 Å². The highest BCUT2D eigenvalue weighted by atomic mass is 32.2. The van der Waals surface area contributed by atoms with Crippen molar-refractivity contribution in [2.75, 3.05) is 64.7 Å². The van der Waals surface area contributed by atoms with Crippen molar-refractivity contribution in [2.24, 2.45) is 0 Å². The van der Waals surface area contributed by atoms with Gasteiger partial charge in [-0.3, -0.25) is 14.6 Å². The van der Waals surface area contributed by atoms with Gasteiger partial charge in [-0.1, -0.05) is 54.6 Å². The number of piperazine rings is 2. The molecule has 0 unspecified atom stereocenters. The molecule has 0 atom stereocenters. The molecule has 7 nitrogen and oxygen atoms in total. The van der Waals surface area contributed by atoms with Gasteiger partial charge in [-0.05, 0) is 30.2 Å². The molecular weight excluding hydrogens is 460 g/mol. The first kappa shape index (κ1) is 25.6. The van der Waals surface area contributed by atoms with Gasteiger partial charge in [0, 0.05) is 71.0 Å². The molecule has 0 bridgehead atoms. The van der Waals surface area contributed by atoms with E-state index >= 15 is 0 Å². The standard InChI is InChI=1S/C27H36N4O3S/c1-2-35(33,34)31-21-17-29(18-22-31)23-25-10-12-26(13-11-25)27(32)30-19-15-28(16-20-30)14-6-9-24-7-4-3-5-8-24/h3-13H,2,14-23H2,1H3/b9-6+. The first-order chi connectivity index (χ1) is 16.9. The molecule has 2 saturated heterocycles. The zero-order chi connectivity index (χ0) is 24.7. The lowest BCUT2D eigenvalue weighted by Crippen LogP contribution is -2.48. The number of sulfonamides is 1. The van der Waals surface area contributed by atoms with Crippen LogP contribution in [-0.2, 0) is 16.6 Å². The highest BCUT2D eigenvalue weighted by molar-refractivity contribution is 7.89. The molecule has 2 aliphatic heterocycles. The van der Waals surface area contributed by atoms with E-state index in [4.69, 9.17) is 0 Å². The van der Waals surface area contributed by atoms with Crippen molar-refractivity contribution in [2.45, 2.75) is 13.5 Å². The zero-order valence-electron chi connectivity index (χ0n) is 20.6. The monoisotopic (exact) mass is 496 g/mol. The van der Waals surface area contributed by atoms with E-state index < -0.39 is 10.0 Å². The fourth-order valence-corrected chi connectivity index (χ4v) is 5.66. The minimum absolute atomic E-state index is 0.0921. The number of carbonyl (C=O) groups is 1. The summed E-state index contributed by atoms with van der Waals surface area (Å²) in [5.41, 5.74) is 3.07. The van der Waals surface area contributed by atoms with E-state index in [1.807, 2.05) is 47.4 Å². The van der Waals surface area contributed by atoms with E-state index in [9.17, 15) is 13.2 Å². The fraction of sp³-hybridized carbons (Fsp3) is 0.444. The average molecular weight is 497 g/mol. The highest BCUT2D eigenvalue weighted by Crippen LogP contribution is 2.15. The second-order valence-electron chi connectivity index (χ2n) is 9.18. The van der Waals surface area contributed by atoms with Crippen LogP contribution < -0.4 is 0 Å². The number of hydrogen-bond donors (Lipinski definition) is 0. The second kappa shape index (κ2) is 11.9. The van der Waals surface area contributed by atoms with Crippen LogP contribution >= 0.6 is 0 Å². The van der Waals surface area contributed by atoms with Crippen LogP contribution in [0.1, 0.15) is 28.4 Å². The van der Waals surface area contributed by atoms with Gasteiger partial charge < -0.3 is 4.90 Å². The molecule has 0 spiro atoms. The summed E-state index contributed by atoms with van der Waals surface area (Å²) < 4.78 is 25.7. The molecule has 0 N–H and O–H groups in total. The van der Waals surface area contributed by atoms with Crippen molar-refractivity contribution in [1.82, 2.24) is 19.0 Å². The predicted molar refractivity (Wildman–Crippen MR) is 141 cm³/mol. The normalized spacial score (nSPS) is 18.8. The number of hydrogen-bond acceptors (Lipinski definition) is 5. The molecule has 0 aliphatic carbocycles. The van der Waals surface area contributed by atoms with Crippen molar-refractivity contribution >= 4 is 22.0 Å². The van der Waals surface area contributed by atoms with Crippen molar-refractivity contribution in [3.8, 4) is 0 Å². The molecule has 1 amide bonds. The van der Waals surface area contributed by atoms with E-state index in [2.05, 4.69) is 34.1 Å². The van der Waals surface area contributed by atoms with Gasteiger partial charge in [-0.15, -0.1) is 0 Å². The average Bonchev–Trinajstić information content (AvgIpc) is 2.90. The lowest BCUT2D eigenvalue weighted by atomic mass is 10.1. The summed E-state index contributed by atoms with van der Waals surface area (Å²) in [5, 5.41) is 0. The molecule has 4 rings (SSSR count). The van der Waals surface area contributed by atoms with Gasteiger partial charge in [0.05, 0.1) is 5.75 Å². The maximum Gasteiger partial charge on any atom is 0.253 e. The number of amides is 1. The Balaban J connectivity index is 1.21. The molecule has 2 heterocycles. The Kier molecular flexibility index (Phi) is 8.73. The van der Waals surface area contributed by atoms with Gasteiger partial charge in [-0.25, -0.2) is 8.42 Å². The minimum atomic E-state index is -3.11. The van der Waals surface area contributed by atoms with E-state index in [0.717, 1.165) is 63.5 Å². The molecule has 188 valence electrons. The van der Waals surface area contributed by atoms with Crippen molar-refractivity contribution in [1.29, 1.82) is 0 Å². The third-order valence-corrected chi connectivity index (χ3v) is 8.71. The summed E-state index contributed by atoms with van der Waals surface area (Å²) in [6.07, 6.45) is 4.33. The van der Waals surface area contributed by atoms with Crippen LogP contribution in [0.5, 0.6) is 0 Å². The smallest absolute Gasteiger partial charge is 0.253 e. The van der Waals surface area contributed by atoms with Crippen LogP contribution in [0.2, 0.25) is 0 Å². The Hall–Kier alpha value is -2.52. The summed E-state index contributed by atoms with van der Waals surface area (Å²) in [4.78, 5) is 19.6. The van der Waals surface area contributed by atoms with Crippen LogP contribution in [0.15, 0.2) is 60.7 Å². The summed E-state index contributed by atoms with van der Waals surface area (Å²) in [5.74, 6) is 0.248. The van der Waals surface area contributed by atoms with Crippen LogP contribution in [0.4, 0.5) is 0 Å². The molecule has 0 aromatic heterocycles. The third-order valence-electron chi connectivity index (χ3n) is 6.83. The number of benzene rings is 2. The summed E-state index contributed by atoms with van der Waals surface area (Å²) in [7, 11) is -3.11. The number of rotatable bonds is 8. The van der Waals surface area contributed by atoms with Crippen LogP contribution in [-0.4, -0.2) is 98.0 Å². The van der Waals surface area contributed by atoms with Crippen LogP contribution in [0.3, 0.4) is 0 Å². The van der Waals surface area contributed by atoms with Crippen LogP contribution in [0.25, 0.3) is 6.08 Å². The number of carbonyl (C=O) groups excluding carboxylic acids is 1. The lowest BCUT2D eigenvalue weighted by Gasteiger charge is -2.34. The molecule has 2 aromatic carbocycles. The van der Waals surface area contributed by atoms with Gasteiger partial charge in [-0.2, -0.15) is 4.31 Å². The van der Waals surface area contributed by atoms with Crippen molar-refractivity contribution in [3.63, 3.8) is 0 Å². The maximum atomic E-state index is 13.0. The van der Waals surface area contributed by atoms with Gasteiger partial charge in [0.2, 0.25) is 10.0 Å². The Bertz CT molecular complexity index is 1090. The molecule has 2 aromatic rings. The van der Waals surface area contributed by atoms with Crippen LogP contribution in [0, 0.1) is 0 Å². The summed E-state index contributed by atoms with van der Waals surface area (Å²) in [6, 6.07) is 18.2. The Morgan fingerprint density at radius 1 is 0.829 bits per heavy atom. The maximum absolute atomic E-state index is 13.0. The van der Waals surface area contributed by atoms with Gasteiger partial charge >= 0.3 is 0 Å². The first-order valence-electron chi connectivity index (χ1n) is 12.5. The Morgan fingerprint density at radius 2 is 1.46 bits per heavy atom. The Morgan fingerprint density at radius 3 is 2.09 bits per heavy atom. The highest BCUT2D eigenvalue weighted by Gasteiger charge is 2.25. The molecule has 35 heavy (non-hydrogen) atoms.